The summed E-state index contributed by atoms with van der Waals surface area (Å²) in [6.07, 6.45) is 7.09. The third-order valence-corrected chi connectivity index (χ3v) is 6.34. The second-order valence-electron chi connectivity index (χ2n) is 6.99. The molecule has 0 fully saturated rings. The summed E-state index contributed by atoms with van der Waals surface area (Å²) < 4.78 is 1.58. The van der Waals surface area contributed by atoms with Crippen LogP contribution in [-0.2, 0) is 30.6 Å². The normalized spacial score (nSPS) is 13.5. The highest BCUT2D eigenvalue weighted by atomic mass is 32.1. The Balaban J connectivity index is 1.49. The third kappa shape index (κ3) is 3.67. The number of hydrogen-bond acceptors (Lipinski definition) is 4. The summed E-state index contributed by atoms with van der Waals surface area (Å²) in [4.78, 5) is 31.8. The van der Waals surface area contributed by atoms with Gasteiger partial charge in [-0.05, 0) is 55.4 Å². The molecule has 0 saturated heterocycles. The second kappa shape index (κ2) is 7.64. The Bertz CT molecular complexity index is 1050. The lowest BCUT2D eigenvalue weighted by atomic mass is 9.97. The van der Waals surface area contributed by atoms with Gasteiger partial charge >= 0.3 is 0 Å². The average Bonchev–Trinajstić information content (AvgIpc) is 3.07. The molecule has 1 aromatic carbocycles. The lowest BCUT2D eigenvalue weighted by Gasteiger charge is -2.10. The maximum atomic E-state index is 12.9. The van der Waals surface area contributed by atoms with Crippen LogP contribution in [0.4, 0.5) is 5.69 Å². The van der Waals surface area contributed by atoms with E-state index in [9.17, 15) is 9.59 Å². The van der Waals surface area contributed by atoms with E-state index < -0.39 is 0 Å². The van der Waals surface area contributed by atoms with E-state index in [1.807, 2.05) is 24.3 Å². The molecule has 0 unspecified atom stereocenters. The topological polar surface area (TPSA) is 64.0 Å². The van der Waals surface area contributed by atoms with Crippen LogP contribution in [0.1, 0.15) is 42.2 Å². The van der Waals surface area contributed by atoms with Crippen molar-refractivity contribution in [1.29, 1.82) is 0 Å². The third-order valence-electron chi connectivity index (χ3n) is 5.14. The fourth-order valence-electron chi connectivity index (χ4n) is 3.65. The predicted molar refractivity (Wildman–Crippen MR) is 110 cm³/mol. The lowest BCUT2D eigenvalue weighted by Crippen LogP contribution is -2.24. The second-order valence-corrected chi connectivity index (χ2v) is 8.07. The number of rotatable bonds is 5. The Morgan fingerprint density at radius 2 is 2.15 bits per heavy atom. The highest BCUT2D eigenvalue weighted by molar-refractivity contribution is 7.18. The molecule has 0 atom stereocenters. The van der Waals surface area contributed by atoms with Crippen LogP contribution in [0.15, 0.2) is 35.4 Å². The van der Waals surface area contributed by atoms with Crippen LogP contribution in [0.2, 0.25) is 0 Å². The van der Waals surface area contributed by atoms with Crippen LogP contribution in [0.3, 0.4) is 0 Å². The summed E-state index contributed by atoms with van der Waals surface area (Å²) in [5.41, 5.74) is 3.15. The molecule has 1 amide bonds. The number of aryl methyl sites for hydroxylation is 4. The van der Waals surface area contributed by atoms with Crippen molar-refractivity contribution >= 4 is 33.1 Å². The van der Waals surface area contributed by atoms with Crippen molar-refractivity contribution in [2.24, 2.45) is 0 Å². The van der Waals surface area contributed by atoms with Gasteiger partial charge < -0.3 is 5.32 Å². The Labute approximate surface area is 162 Å². The standard InChI is InChI=1S/C21H23N3O2S/c1-2-14-6-5-7-15(12-14)23-18(25)10-11-24-13-22-20-19(21(24)26)16-8-3-4-9-17(16)27-20/h5-7,12-13H,2-4,8-11H2,1H3,(H,23,25). The van der Waals surface area contributed by atoms with Crippen LogP contribution in [0, 0.1) is 0 Å². The van der Waals surface area contributed by atoms with E-state index in [0.29, 0.717) is 6.54 Å². The van der Waals surface area contributed by atoms with Gasteiger partial charge in [-0.15, -0.1) is 11.3 Å². The molecule has 0 bridgehead atoms. The van der Waals surface area contributed by atoms with Gasteiger partial charge in [0.15, 0.2) is 0 Å². The van der Waals surface area contributed by atoms with E-state index >= 15 is 0 Å². The Kier molecular flexibility index (Phi) is 5.07. The van der Waals surface area contributed by atoms with E-state index in [2.05, 4.69) is 17.2 Å². The smallest absolute Gasteiger partial charge is 0.262 e. The molecule has 6 heteroatoms. The van der Waals surface area contributed by atoms with Gasteiger partial charge in [0.2, 0.25) is 5.91 Å². The number of hydrogen-bond donors (Lipinski definition) is 1. The summed E-state index contributed by atoms with van der Waals surface area (Å²) in [5.74, 6) is -0.0948. The first-order valence-corrected chi connectivity index (χ1v) is 10.4. The van der Waals surface area contributed by atoms with Crippen molar-refractivity contribution in [3.05, 3.63) is 57.0 Å². The maximum Gasteiger partial charge on any atom is 0.262 e. The van der Waals surface area contributed by atoms with Gasteiger partial charge in [0.1, 0.15) is 4.83 Å². The number of nitrogens with zero attached hydrogens (tertiary/aromatic N) is 2. The first-order chi connectivity index (χ1) is 13.2. The van der Waals surface area contributed by atoms with Crippen LogP contribution in [0.25, 0.3) is 10.2 Å². The molecule has 0 aliphatic heterocycles. The largest absolute Gasteiger partial charge is 0.326 e. The van der Waals surface area contributed by atoms with Gasteiger partial charge in [-0.25, -0.2) is 4.98 Å². The highest BCUT2D eigenvalue weighted by Crippen LogP contribution is 2.33. The van der Waals surface area contributed by atoms with E-state index in [1.54, 1.807) is 22.2 Å². The van der Waals surface area contributed by atoms with Gasteiger partial charge in [0.05, 0.1) is 11.7 Å². The number of carbonyl (C=O) groups excluding carboxylic acids is 1. The molecular formula is C21H23N3O2S. The zero-order chi connectivity index (χ0) is 18.8. The average molecular weight is 382 g/mol. The molecule has 2 heterocycles. The Hall–Kier alpha value is -2.47. The first kappa shape index (κ1) is 17.9. The van der Waals surface area contributed by atoms with Crippen molar-refractivity contribution in [1.82, 2.24) is 9.55 Å². The molecule has 0 spiro atoms. The Morgan fingerprint density at radius 1 is 1.30 bits per heavy atom. The van der Waals surface area contributed by atoms with Crippen LogP contribution >= 0.6 is 11.3 Å². The number of amides is 1. The lowest BCUT2D eigenvalue weighted by molar-refractivity contribution is -0.116. The molecule has 0 saturated carbocycles. The summed E-state index contributed by atoms with van der Waals surface area (Å²) in [5, 5.41) is 3.69. The highest BCUT2D eigenvalue weighted by Gasteiger charge is 2.20. The van der Waals surface area contributed by atoms with Crippen molar-refractivity contribution in [3.8, 4) is 0 Å². The van der Waals surface area contributed by atoms with Gasteiger partial charge in [0.25, 0.3) is 5.56 Å². The molecule has 3 aromatic rings. The van der Waals surface area contributed by atoms with Crippen molar-refractivity contribution in [3.63, 3.8) is 0 Å². The van der Waals surface area contributed by atoms with Gasteiger partial charge in [-0.2, -0.15) is 0 Å². The number of thiophene rings is 1. The van der Waals surface area contributed by atoms with Crippen LogP contribution < -0.4 is 10.9 Å². The summed E-state index contributed by atoms with van der Waals surface area (Å²) in [6.45, 7) is 2.42. The van der Waals surface area contributed by atoms with Gasteiger partial charge in [-0.3, -0.25) is 14.2 Å². The molecule has 2 aromatic heterocycles. The summed E-state index contributed by atoms with van der Waals surface area (Å²) in [7, 11) is 0. The minimum absolute atomic E-state index is 0.0137. The number of carbonyl (C=O) groups is 1. The monoisotopic (exact) mass is 381 g/mol. The van der Waals surface area contributed by atoms with E-state index in [-0.39, 0.29) is 17.9 Å². The van der Waals surface area contributed by atoms with Crippen molar-refractivity contribution in [2.45, 2.75) is 52.0 Å². The van der Waals surface area contributed by atoms with E-state index in [1.165, 1.54) is 22.4 Å². The molecule has 5 nitrogen and oxygen atoms in total. The van der Waals surface area contributed by atoms with Gasteiger partial charge in [-0.1, -0.05) is 19.1 Å². The zero-order valence-corrected chi connectivity index (χ0v) is 16.3. The summed E-state index contributed by atoms with van der Waals surface area (Å²) >= 11 is 1.65. The first-order valence-electron chi connectivity index (χ1n) is 9.54. The number of nitrogens with one attached hydrogen (secondary N) is 1. The minimum atomic E-state index is -0.0948. The van der Waals surface area contributed by atoms with E-state index in [0.717, 1.165) is 41.6 Å². The quantitative estimate of drug-likeness (QED) is 0.728. The number of aromatic nitrogens is 2. The molecule has 140 valence electrons. The summed E-state index contributed by atoms with van der Waals surface area (Å²) in [6, 6.07) is 7.85. The SMILES string of the molecule is CCc1cccc(NC(=O)CCn2cnc3sc4c(c3c2=O)CCCC4)c1. The van der Waals surface area contributed by atoms with Crippen molar-refractivity contribution < 1.29 is 4.79 Å². The van der Waals surface area contributed by atoms with Crippen LogP contribution in [0.5, 0.6) is 0 Å². The molecule has 0 radical (unpaired) electrons. The molecule has 27 heavy (non-hydrogen) atoms. The van der Waals surface area contributed by atoms with Crippen molar-refractivity contribution in [2.75, 3.05) is 5.32 Å². The van der Waals surface area contributed by atoms with Gasteiger partial charge in [0, 0.05) is 23.5 Å². The van der Waals surface area contributed by atoms with E-state index in [4.69, 9.17) is 0 Å². The maximum absolute atomic E-state index is 12.9. The molecule has 1 N–H and O–H groups in total. The number of anilines is 1. The predicted octanol–water partition coefficient (Wildman–Crippen LogP) is 3.93. The fourth-order valence-corrected chi connectivity index (χ4v) is 4.87. The number of benzene rings is 1. The molecular weight excluding hydrogens is 358 g/mol. The zero-order valence-electron chi connectivity index (χ0n) is 15.5. The molecule has 4 rings (SSSR count). The number of fused-ring (bicyclic) bond motifs is 3. The van der Waals surface area contributed by atoms with Crippen LogP contribution in [-0.4, -0.2) is 15.5 Å². The molecule has 1 aliphatic rings. The fraction of sp³-hybridized carbons (Fsp3) is 0.381. The Morgan fingerprint density at radius 3 is 3.00 bits per heavy atom. The minimum Gasteiger partial charge on any atom is -0.326 e. The molecule has 1 aliphatic carbocycles.